The zero-order valence-corrected chi connectivity index (χ0v) is 20.4. The normalized spacial score (nSPS) is 20.4. The molecule has 176 valence electrons. The highest BCUT2D eigenvalue weighted by atomic mass is 35.5. The van der Waals surface area contributed by atoms with E-state index in [0.29, 0.717) is 39.2 Å². The molecule has 4 aromatic rings. The van der Waals surface area contributed by atoms with E-state index in [-0.39, 0.29) is 0 Å². The highest BCUT2D eigenvalue weighted by Crippen LogP contribution is 2.46. The first-order valence-electron chi connectivity index (χ1n) is 10.9. The van der Waals surface area contributed by atoms with E-state index >= 15 is 0 Å². The van der Waals surface area contributed by atoms with Gasteiger partial charge in [0.1, 0.15) is 5.82 Å². The van der Waals surface area contributed by atoms with Crippen LogP contribution in [0.4, 0.5) is 11.6 Å². The van der Waals surface area contributed by atoms with Crippen molar-refractivity contribution < 1.29 is 4.42 Å². The Bertz CT molecular complexity index is 1320. The number of benzene rings is 1. The van der Waals surface area contributed by atoms with Gasteiger partial charge >= 0.3 is 5.76 Å². The lowest BCUT2D eigenvalue weighted by Crippen LogP contribution is -2.35. The van der Waals surface area contributed by atoms with Gasteiger partial charge in [-0.3, -0.25) is 5.10 Å². The van der Waals surface area contributed by atoms with Gasteiger partial charge in [-0.25, -0.2) is 14.9 Å². The number of nitrogens with zero attached hydrogens (tertiary/aromatic N) is 3. The second-order valence-corrected chi connectivity index (χ2v) is 10.5. The fourth-order valence-corrected chi connectivity index (χ4v) is 6.09. The van der Waals surface area contributed by atoms with E-state index in [4.69, 9.17) is 32.6 Å². The fourth-order valence-electron chi connectivity index (χ4n) is 4.39. The Morgan fingerprint density at radius 2 is 1.91 bits per heavy atom. The Morgan fingerprint density at radius 3 is 2.65 bits per heavy atom. The molecule has 1 saturated carbocycles. The average molecular weight is 517 g/mol. The van der Waals surface area contributed by atoms with Crippen LogP contribution in [-0.2, 0) is 11.8 Å². The molecule has 8 nitrogen and oxygen atoms in total. The third-order valence-electron chi connectivity index (χ3n) is 6.07. The number of hydrogen-bond donors (Lipinski definition) is 3. The minimum absolute atomic E-state index is 0.371. The lowest BCUT2D eigenvalue weighted by atomic mass is 9.70. The lowest BCUT2D eigenvalue weighted by Gasteiger charge is -2.37. The van der Waals surface area contributed by atoms with E-state index in [1.807, 2.05) is 36.4 Å². The van der Waals surface area contributed by atoms with E-state index in [1.165, 1.54) is 0 Å². The van der Waals surface area contributed by atoms with Gasteiger partial charge in [-0.2, -0.15) is 5.10 Å². The van der Waals surface area contributed by atoms with Crippen LogP contribution in [0.25, 0.3) is 0 Å². The first-order valence-corrected chi connectivity index (χ1v) is 12.5. The number of anilines is 2. The number of aromatic nitrogens is 5. The Morgan fingerprint density at radius 1 is 1.09 bits per heavy atom. The SMILES string of the molecule is O=c1[nH]nc([C@]2(Cc3cccc(Nc4cc[nH]n4)n3)CC[C@@H](Sc3cccc(Cl)c3Cl)CC2)o1. The van der Waals surface area contributed by atoms with Crippen LogP contribution in [-0.4, -0.2) is 30.6 Å². The minimum atomic E-state index is -0.543. The summed E-state index contributed by atoms with van der Waals surface area (Å²) < 4.78 is 5.48. The quantitative estimate of drug-likeness (QED) is 0.286. The highest BCUT2D eigenvalue weighted by molar-refractivity contribution is 8.00. The summed E-state index contributed by atoms with van der Waals surface area (Å²) >= 11 is 14.3. The first kappa shape index (κ1) is 23.0. The van der Waals surface area contributed by atoms with Crippen molar-refractivity contribution in [1.82, 2.24) is 25.4 Å². The van der Waals surface area contributed by atoms with Gasteiger partial charge < -0.3 is 9.73 Å². The van der Waals surface area contributed by atoms with Gasteiger partial charge in [0.15, 0.2) is 5.82 Å². The van der Waals surface area contributed by atoms with E-state index in [9.17, 15) is 4.79 Å². The first-order chi connectivity index (χ1) is 16.5. The summed E-state index contributed by atoms with van der Waals surface area (Å²) in [6, 6.07) is 13.4. The molecule has 0 unspecified atom stereocenters. The summed E-state index contributed by atoms with van der Waals surface area (Å²) in [5, 5.41) is 18.2. The summed E-state index contributed by atoms with van der Waals surface area (Å²) in [5.41, 5.74) is 0.460. The van der Waals surface area contributed by atoms with Crippen molar-refractivity contribution in [2.45, 2.75) is 47.7 Å². The number of pyridine rings is 1. The average Bonchev–Trinajstić information content (AvgIpc) is 3.51. The largest absolute Gasteiger partial charge is 0.434 e. The molecule has 0 bridgehead atoms. The molecule has 0 atom stereocenters. The van der Waals surface area contributed by atoms with Gasteiger partial charge in [0.2, 0.25) is 5.89 Å². The van der Waals surface area contributed by atoms with Crippen LogP contribution in [0.1, 0.15) is 37.3 Å². The molecule has 5 rings (SSSR count). The van der Waals surface area contributed by atoms with Crippen molar-refractivity contribution >= 4 is 46.6 Å². The summed E-state index contributed by atoms with van der Waals surface area (Å²) in [5.74, 6) is 1.28. The van der Waals surface area contributed by atoms with Crippen LogP contribution in [0, 0.1) is 0 Å². The van der Waals surface area contributed by atoms with Crippen molar-refractivity contribution in [3.8, 4) is 0 Å². The summed E-state index contributed by atoms with van der Waals surface area (Å²) in [4.78, 5) is 17.5. The molecule has 0 amide bonds. The van der Waals surface area contributed by atoms with Crippen LogP contribution in [0.5, 0.6) is 0 Å². The van der Waals surface area contributed by atoms with Gasteiger partial charge in [-0.15, -0.1) is 16.9 Å². The standard InChI is InChI=1S/C23H22Cl2N6O2S/c24-16-4-2-5-17(20(16)25)34-15-7-10-23(11-8-15,21-30-31-22(32)33-21)13-14-3-1-6-18(27-14)28-19-9-12-26-29-19/h1-6,9,12,15H,7-8,10-11,13H2,(H,31,32)(H2,26,27,28,29)/t15-,23-. The number of H-pyrrole nitrogens is 2. The van der Waals surface area contributed by atoms with E-state index in [1.54, 1.807) is 24.0 Å². The van der Waals surface area contributed by atoms with Crippen LogP contribution < -0.4 is 11.1 Å². The molecular weight excluding hydrogens is 495 g/mol. The number of hydrogen-bond acceptors (Lipinski definition) is 7. The molecule has 1 aliphatic rings. The minimum Gasteiger partial charge on any atom is -0.392 e. The Kier molecular flexibility index (Phi) is 6.67. The number of rotatable bonds is 7. The fraction of sp³-hybridized carbons (Fsp3) is 0.304. The van der Waals surface area contributed by atoms with Crippen molar-refractivity contribution in [3.63, 3.8) is 0 Å². The van der Waals surface area contributed by atoms with Gasteiger partial charge in [-0.1, -0.05) is 35.3 Å². The van der Waals surface area contributed by atoms with Gasteiger partial charge in [0.05, 0.1) is 15.5 Å². The predicted molar refractivity (Wildman–Crippen MR) is 133 cm³/mol. The monoisotopic (exact) mass is 516 g/mol. The van der Waals surface area contributed by atoms with Gasteiger partial charge in [0.25, 0.3) is 0 Å². The van der Waals surface area contributed by atoms with Gasteiger partial charge in [0, 0.05) is 34.5 Å². The van der Waals surface area contributed by atoms with Crippen LogP contribution >= 0.6 is 35.0 Å². The molecule has 0 saturated heterocycles. The molecule has 11 heteroatoms. The molecule has 3 aromatic heterocycles. The number of aromatic amines is 2. The summed E-state index contributed by atoms with van der Waals surface area (Å²) in [6.45, 7) is 0. The van der Waals surface area contributed by atoms with Crippen molar-refractivity contribution in [3.05, 3.63) is 80.8 Å². The zero-order valence-electron chi connectivity index (χ0n) is 18.1. The van der Waals surface area contributed by atoms with Crippen LogP contribution in [0.2, 0.25) is 10.0 Å². The zero-order chi connectivity index (χ0) is 23.5. The summed E-state index contributed by atoms with van der Waals surface area (Å²) in [6.07, 6.45) is 5.77. The maximum absolute atomic E-state index is 11.8. The number of thioether (sulfide) groups is 1. The maximum Gasteiger partial charge on any atom is 0.434 e. The van der Waals surface area contributed by atoms with E-state index in [2.05, 4.69) is 25.7 Å². The molecule has 0 radical (unpaired) electrons. The van der Waals surface area contributed by atoms with Crippen molar-refractivity contribution in [1.29, 1.82) is 0 Å². The maximum atomic E-state index is 11.8. The third-order valence-corrected chi connectivity index (χ3v) is 8.40. The Hall–Kier alpha value is -2.75. The molecule has 0 aliphatic heterocycles. The third kappa shape index (κ3) is 5.01. The predicted octanol–water partition coefficient (Wildman–Crippen LogP) is 5.75. The summed E-state index contributed by atoms with van der Waals surface area (Å²) in [7, 11) is 0. The Balaban J connectivity index is 1.35. The van der Waals surface area contributed by atoms with E-state index in [0.717, 1.165) is 36.3 Å². The van der Waals surface area contributed by atoms with E-state index < -0.39 is 11.2 Å². The molecule has 3 N–H and O–H groups in total. The Labute approximate surface area is 209 Å². The lowest BCUT2D eigenvalue weighted by molar-refractivity contribution is 0.231. The van der Waals surface area contributed by atoms with Crippen LogP contribution in [0.15, 0.2) is 62.8 Å². The van der Waals surface area contributed by atoms with Crippen molar-refractivity contribution in [2.75, 3.05) is 5.32 Å². The van der Waals surface area contributed by atoms with Crippen LogP contribution in [0.3, 0.4) is 0 Å². The molecule has 34 heavy (non-hydrogen) atoms. The molecule has 1 aromatic carbocycles. The van der Waals surface area contributed by atoms with Crippen molar-refractivity contribution in [2.24, 2.45) is 0 Å². The highest BCUT2D eigenvalue weighted by Gasteiger charge is 2.42. The molecular formula is C23H22Cl2N6O2S. The molecule has 0 spiro atoms. The van der Waals surface area contributed by atoms with Gasteiger partial charge in [-0.05, 0) is 49.9 Å². The second kappa shape index (κ2) is 9.85. The smallest absolute Gasteiger partial charge is 0.392 e. The molecule has 1 fully saturated rings. The second-order valence-electron chi connectivity index (χ2n) is 8.34. The number of halogens is 2. The topological polar surface area (TPSA) is 112 Å². The molecule has 1 aliphatic carbocycles. The number of nitrogens with one attached hydrogen (secondary N) is 3. The molecule has 3 heterocycles.